The molecule has 6 nitrogen and oxygen atoms in total. The molecule has 0 radical (unpaired) electrons. The van der Waals surface area contributed by atoms with Crippen molar-refractivity contribution >= 4 is 0 Å². The molecule has 15 heavy (non-hydrogen) atoms. The highest BCUT2D eigenvalue weighted by Gasteiger charge is 2.14. The molecular formula is C9H14N6. The second kappa shape index (κ2) is 3.82. The summed E-state index contributed by atoms with van der Waals surface area (Å²) in [5.74, 6) is 0.940. The fourth-order valence-corrected chi connectivity index (χ4v) is 1.73. The van der Waals surface area contributed by atoms with Crippen LogP contribution in [-0.2, 0) is 13.5 Å². The van der Waals surface area contributed by atoms with Crippen LogP contribution in [0.15, 0.2) is 12.7 Å². The van der Waals surface area contributed by atoms with E-state index >= 15 is 0 Å². The van der Waals surface area contributed by atoms with E-state index in [1.165, 1.54) is 6.33 Å². The molecule has 80 valence electrons. The lowest BCUT2D eigenvalue weighted by atomic mass is 10.2. The molecule has 0 saturated heterocycles. The third kappa shape index (κ3) is 1.63. The van der Waals surface area contributed by atoms with Crippen LogP contribution < -0.4 is 5.73 Å². The fraction of sp³-hybridized carbons (Fsp3) is 0.444. The zero-order chi connectivity index (χ0) is 10.8. The van der Waals surface area contributed by atoms with Crippen LogP contribution in [0.2, 0.25) is 0 Å². The third-order valence-electron chi connectivity index (χ3n) is 2.34. The Morgan fingerprint density at radius 1 is 1.47 bits per heavy atom. The van der Waals surface area contributed by atoms with E-state index < -0.39 is 0 Å². The molecule has 2 N–H and O–H groups in total. The summed E-state index contributed by atoms with van der Waals surface area (Å²) in [6, 6.07) is 0. The van der Waals surface area contributed by atoms with Crippen LogP contribution in [0.25, 0.3) is 5.82 Å². The van der Waals surface area contributed by atoms with Crippen molar-refractivity contribution < 1.29 is 0 Å². The molecule has 0 amide bonds. The van der Waals surface area contributed by atoms with Gasteiger partial charge in [0.2, 0.25) is 0 Å². The largest absolute Gasteiger partial charge is 0.330 e. The van der Waals surface area contributed by atoms with Crippen molar-refractivity contribution in [3.63, 3.8) is 0 Å². The maximum absolute atomic E-state index is 5.58. The molecule has 0 unspecified atom stereocenters. The first-order chi connectivity index (χ1) is 7.24. The molecule has 0 spiro atoms. The number of nitrogens with zero attached hydrogens (tertiary/aromatic N) is 5. The van der Waals surface area contributed by atoms with Crippen LogP contribution in [0.3, 0.4) is 0 Å². The minimum atomic E-state index is 0.605. The molecule has 2 rings (SSSR count). The highest BCUT2D eigenvalue weighted by molar-refractivity contribution is 5.37. The van der Waals surface area contributed by atoms with Gasteiger partial charge in [0.05, 0.1) is 5.69 Å². The van der Waals surface area contributed by atoms with E-state index in [1.807, 2.05) is 14.0 Å². The minimum absolute atomic E-state index is 0.605. The van der Waals surface area contributed by atoms with Crippen LogP contribution >= 0.6 is 0 Å². The topological polar surface area (TPSA) is 74.5 Å². The Labute approximate surface area is 87.7 Å². The summed E-state index contributed by atoms with van der Waals surface area (Å²) in [4.78, 5) is 3.93. The van der Waals surface area contributed by atoms with Gasteiger partial charge in [-0.2, -0.15) is 10.2 Å². The van der Waals surface area contributed by atoms with E-state index in [-0.39, 0.29) is 0 Å². The summed E-state index contributed by atoms with van der Waals surface area (Å²) >= 11 is 0. The van der Waals surface area contributed by atoms with Gasteiger partial charge in [0.1, 0.15) is 12.7 Å². The van der Waals surface area contributed by atoms with Crippen molar-refractivity contribution in [2.45, 2.75) is 13.3 Å². The zero-order valence-corrected chi connectivity index (χ0v) is 8.88. The van der Waals surface area contributed by atoms with E-state index in [9.17, 15) is 0 Å². The van der Waals surface area contributed by atoms with E-state index in [0.29, 0.717) is 6.54 Å². The standard InChI is InChI=1S/C9H14N6/c1-7-8(3-4-10)9(14(2)13-7)15-6-11-5-12-15/h5-6H,3-4,10H2,1-2H3. The maximum Gasteiger partial charge on any atom is 0.157 e. The third-order valence-corrected chi connectivity index (χ3v) is 2.34. The summed E-state index contributed by atoms with van der Waals surface area (Å²) in [7, 11) is 1.89. The van der Waals surface area contributed by atoms with Crippen molar-refractivity contribution in [2.24, 2.45) is 12.8 Å². The number of hydrogen-bond acceptors (Lipinski definition) is 4. The smallest absolute Gasteiger partial charge is 0.157 e. The van der Waals surface area contributed by atoms with Gasteiger partial charge in [0, 0.05) is 12.6 Å². The minimum Gasteiger partial charge on any atom is -0.330 e. The second-order valence-corrected chi connectivity index (χ2v) is 3.39. The molecule has 6 heteroatoms. The predicted molar refractivity (Wildman–Crippen MR) is 55.6 cm³/mol. The molecule has 0 saturated carbocycles. The Hall–Kier alpha value is -1.69. The van der Waals surface area contributed by atoms with Crippen molar-refractivity contribution in [3.05, 3.63) is 23.9 Å². The van der Waals surface area contributed by atoms with E-state index in [4.69, 9.17) is 5.73 Å². The molecular weight excluding hydrogens is 192 g/mol. The lowest BCUT2D eigenvalue weighted by Crippen LogP contribution is -2.09. The number of hydrogen-bond donors (Lipinski definition) is 1. The number of aromatic nitrogens is 5. The van der Waals surface area contributed by atoms with Gasteiger partial charge in [0.25, 0.3) is 0 Å². The van der Waals surface area contributed by atoms with Crippen molar-refractivity contribution in [1.82, 2.24) is 24.5 Å². The number of rotatable bonds is 3. The van der Waals surface area contributed by atoms with Crippen molar-refractivity contribution in [2.75, 3.05) is 6.54 Å². The van der Waals surface area contributed by atoms with E-state index in [1.54, 1.807) is 15.7 Å². The highest BCUT2D eigenvalue weighted by atomic mass is 15.4. The lowest BCUT2D eigenvalue weighted by molar-refractivity contribution is 0.690. The summed E-state index contributed by atoms with van der Waals surface area (Å²) in [5.41, 5.74) is 7.70. The number of nitrogens with two attached hydrogens (primary N) is 1. The van der Waals surface area contributed by atoms with Crippen LogP contribution in [-0.4, -0.2) is 31.1 Å². The Kier molecular flexibility index (Phi) is 2.51. The second-order valence-electron chi connectivity index (χ2n) is 3.39. The maximum atomic E-state index is 5.58. The molecule has 2 heterocycles. The summed E-state index contributed by atoms with van der Waals surface area (Å²) < 4.78 is 3.51. The molecule has 0 atom stereocenters. The van der Waals surface area contributed by atoms with Crippen LogP contribution in [0, 0.1) is 6.92 Å². The highest BCUT2D eigenvalue weighted by Crippen LogP contribution is 2.16. The Bertz CT molecular complexity index is 441. The molecule has 2 aromatic rings. The Morgan fingerprint density at radius 2 is 2.27 bits per heavy atom. The molecule has 0 fully saturated rings. The quantitative estimate of drug-likeness (QED) is 0.755. The van der Waals surface area contributed by atoms with Crippen molar-refractivity contribution in [3.8, 4) is 5.82 Å². The number of aryl methyl sites for hydroxylation is 2. The van der Waals surface area contributed by atoms with Crippen LogP contribution in [0.5, 0.6) is 0 Å². The van der Waals surface area contributed by atoms with E-state index in [2.05, 4.69) is 15.2 Å². The first-order valence-electron chi connectivity index (χ1n) is 4.81. The molecule has 0 bridgehead atoms. The summed E-state index contributed by atoms with van der Waals surface area (Å²) in [6.45, 7) is 2.58. The monoisotopic (exact) mass is 206 g/mol. The predicted octanol–water partition coefficient (Wildman–Crippen LogP) is -0.190. The van der Waals surface area contributed by atoms with Gasteiger partial charge in [-0.25, -0.2) is 9.67 Å². The molecule has 0 aliphatic carbocycles. The Morgan fingerprint density at radius 3 is 2.87 bits per heavy atom. The molecule has 0 aliphatic rings. The van der Waals surface area contributed by atoms with Gasteiger partial charge in [-0.05, 0) is 19.9 Å². The van der Waals surface area contributed by atoms with E-state index in [0.717, 1.165) is 23.5 Å². The SMILES string of the molecule is Cc1nn(C)c(-n2cncn2)c1CCN. The fourth-order valence-electron chi connectivity index (χ4n) is 1.73. The van der Waals surface area contributed by atoms with Gasteiger partial charge in [-0.1, -0.05) is 0 Å². The molecule has 2 aromatic heterocycles. The zero-order valence-electron chi connectivity index (χ0n) is 8.88. The van der Waals surface area contributed by atoms with Gasteiger partial charge in [-0.3, -0.25) is 4.68 Å². The molecule has 0 aromatic carbocycles. The summed E-state index contributed by atoms with van der Waals surface area (Å²) in [6.07, 6.45) is 3.97. The van der Waals surface area contributed by atoms with Crippen molar-refractivity contribution in [1.29, 1.82) is 0 Å². The van der Waals surface area contributed by atoms with Crippen LogP contribution in [0.4, 0.5) is 0 Å². The van der Waals surface area contributed by atoms with Crippen LogP contribution in [0.1, 0.15) is 11.3 Å². The average Bonchev–Trinajstić information content (AvgIpc) is 2.77. The lowest BCUT2D eigenvalue weighted by Gasteiger charge is -2.04. The average molecular weight is 206 g/mol. The summed E-state index contributed by atoms with van der Waals surface area (Å²) in [5, 5.41) is 8.47. The van der Waals surface area contributed by atoms with Gasteiger partial charge >= 0.3 is 0 Å². The van der Waals surface area contributed by atoms with Gasteiger partial charge in [0.15, 0.2) is 5.82 Å². The first-order valence-corrected chi connectivity index (χ1v) is 4.81. The van der Waals surface area contributed by atoms with Gasteiger partial charge in [-0.15, -0.1) is 0 Å². The molecule has 0 aliphatic heterocycles. The first kappa shape index (κ1) is 9.85. The van der Waals surface area contributed by atoms with Gasteiger partial charge < -0.3 is 5.73 Å². The normalized spacial score (nSPS) is 10.9. The Balaban J connectivity index is 2.54.